The van der Waals surface area contributed by atoms with E-state index in [2.05, 4.69) is 5.32 Å². The Morgan fingerprint density at radius 2 is 1.50 bits per heavy atom. The molecule has 0 radical (unpaired) electrons. The van der Waals surface area contributed by atoms with Crippen molar-refractivity contribution in [3.63, 3.8) is 0 Å². The molecule has 0 rings (SSSR count). The molecule has 0 aromatic heterocycles. The third-order valence-corrected chi connectivity index (χ3v) is 4.21. The molecule has 2 unspecified atom stereocenters. The quantitative estimate of drug-likeness (QED) is 0.403. The maximum atomic E-state index is 10.2. The fourth-order valence-corrected chi connectivity index (χ4v) is 2.56. The van der Waals surface area contributed by atoms with E-state index in [9.17, 15) is 23.8 Å². The van der Waals surface area contributed by atoms with Crippen molar-refractivity contribution in [3.8, 4) is 0 Å². The molecule has 9 nitrogen and oxygen atoms in total. The van der Waals surface area contributed by atoms with Crippen LogP contribution in [0.2, 0.25) is 0 Å². The smallest absolute Gasteiger partial charge is 0.811 e. The minimum absolute atomic E-state index is 0. The van der Waals surface area contributed by atoms with E-state index < -0.39 is 20.7 Å². The zero-order chi connectivity index (χ0) is 9.28. The molecule has 0 saturated heterocycles. The van der Waals surface area contributed by atoms with E-state index in [4.69, 9.17) is 4.89 Å². The van der Waals surface area contributed by atoms with Crippen LogP contribution in [-0.4, -0.2) is 17.5 Å². The van der Waals surface area contributed by atoms with Gasteiger partial charge in [-0.3, -0.25) is 4.57 Å². The molecular formula is C2H10N3O6P2Pt-3. The first-order valence-corrected chi connectivity index (χ1v) is 5.66. The van der Waals surface area contributed by atoms with Gasteiger partial charge in [0.15, 0.2) is 0 Å². The van der Waals surface area contributed by atoms with Crippen molar-refractivity contribution in [1.82, 2.24) is 0 Å². The van der Waals surface area contributed by atoms with Crippen molar-refractivity contribution in [2.45, 2.75) is 5.52 Å². The van der Waals surface area contributed by atoms with Crippen LogP contribution in [0.25, 0.3) is 17.6 Å². The van der Waals surface area contributed by atoms with Gasteiger partial charge in [-0.25, -0.2) is 0 Å². The molecule has 92 valence electrons. The second kappa shape index (κ2) is 8.07. The summed E-state index contributed by atoms with van der Waals surface area (Å²) < 4.78 is 20.3. The molecule has 0 saturated carbocycles. The Morgan fingerprint density at radius 1 is 1.21 bits per heavy atom. The standard InChI is InChI=1S/C2H8NO6P2.2H2N.Pt/c1-3-2(10(4,5)6)11(7,8)9;;;/h2H,1H3,(H2,4,5,6)(H2,7,8,9);2*1H2;/q3*-1;+2/p-2. The number of rotatable bonds is 3. The zero-order valence-corrected chi connectivity index (χ0v) is 11.0. The minimum atomic E-state index is -5.33. The Morgan fingerprint density at radius 3 is 1.50 bits per heavy atom. The predicted molar refractivity (Wildman–Crippen MR) is 42.5 cm³/mol. The molecule has 0 aromatic rings. The van der Waals surface area contributed by atoms with E-state index in [1.54, 1.807) is 0 Å². The van der Waals surface area contributed by atoms with E-state index in [0.29, 0.717) is 0 Å². The topological polar surface area (TPSA) is 207 Å². The molecule has 0 heterocycles. The van der Waals surface area contributed by atoms with Crippen LogP contribution in [0.15, 0.2) is 0 Å². The van der Waals surface area contributed by atoms with Gasteiger partial charge in [0.2, 0.25) is 0 Å². The third-order valence-electron chi connectivity index (χ3n) is 0.818. The summed E-state index contributed by atoms with van der Waals surface area (Å²) in [4.78, 5) is 36.7. The van der Waals surface area contributed by atoms with Crippen molar-refractivity contribution >= 4 is 15.2 Å². The van der Waals surface area contributed by atoms with E-state index in [0.717, 1.165) is 7.05 Å². The SMILES string of the molecule is C[N-]C(P(=O)([O-])[O-])P(=O)([O-])[OH2+].[NH2-].[NH2-].[Pt+2]. The second-order valence-corrected chi connectivity index (χ2v) is 5.40. The Labute approximate surface area is 95.4 Å². The van der Waals surface area contributed by atoms with Crippen LogP contribution < -0.4 is 14.7 Å². The van der Waals surface area contributed by atoms with Crippen LogP contribution >= 0.6 is 15.2 Å². The summed E-state index contributed by atoms with van der Waals surface area (Å²) in [6.45, 7) is 0. The monoisotopic (exact) mass is 429 g/mol. The number of nitrogens with zero attached hydrogens (tertiary/aromatic N) is 1. The molecule has 0 aliphatic rings. The van der Waals surface area contributed by atoms with Crippen molar-refractivity contribution in [2.75, 3.05) is 7.05 Å². The fraction of sp³-hybridized carbons (Fsp3) is 1.00. The molecule has 0 bridgehead atoms. The Kier molecular flexibility index (Phi) is 14.0. The van der Waals surface area contributed by atoms with Gasteiger partial charge >= 0.3 is 21.1 Å². The van der Waals surface area contributed by atoms with Gasteiger partial charge in [0, 0.05) is 5.52 Å². The fourth-order valence-electron chi connectivity index (χ4n) is 0.480. The summed E-state index contributed by atoms with van der Waals surface area (Å²) in [7, 11) is -9.43. The molecule has 14 heavy (non-hydrogen) atoms. The van der Waals surface area contributed by atoms with E-state index >= 15 is 0 Å². The molecule has 0 fully saturated rings. The normalized spacial score (nSPS) is 16.4. The summed E-state index contributed by atoms with van der Waals surface area (Å²) in [5.41, 5.74) is -2.45. The Balaban J connectivity index is -0.000000167. The number of hydrogen-bond donors (Lipinski definition) is 0. The van der Waals surface area contributed by atoms with E-state index in [1.165, 1.54) is 0 Å². The summed E-state index contributed by atoms with van der Waals surface area (Å²) >= 11 is 0. The maximum Gasteiger partial charge on any atom is 2.00 e. The van der Waals surface area contributed by atoms with Crippen LogP contribution in [0.1, 0.15) is 0 Å². The molecule has 0 amide bonds. The van der Waals surface area contributed by atoms with Crippen molar-refractivity contribution < 1.29 is 49.8 Å². The molecule has 0 spiro atoms. The Bertz CT molecular complexity index is 203. The first-order valence-electron chi connectivity index (χ1n) is 2.36. The zero-order valence-electron chi connectivity index (χ0n) is 6.93. The first-order chi connectivity index (χ1) is 4.69. The van der Waals surface area contributed by atoms with Gasteiger partial charge in [-0.15, -0.1) is 0 Å². The van der Waals surface area contributed by atoms with Crippen LogP contribution in [-0.2, 0) is 30.2 Å². The molecular weight excluding hydrogens is 419 g/mol. The predicted octanol–water partition coefficient (Wildman–Crippen LogP) is -1.10. The Hall–Kier alpha value is 0.868. The molecule has 2 atom stereocenters. The van der Waals surface area contributed by atoms with Gasteiger partial charge in [0.05, 0.1) is 0 Å². The molecule has 12 heteroatoms. The molecule has 6 N–H and O–H groups in total. The molecule has 0 aromatic carbocycles. The second-order valence-electron chi connectivity index (χ2n) is 1.74. The largest absolute Gasteiger partial charge is 2.00 e. The van der Waals surface area contributed by atoms with Gasteiger partial charge in [0.25, 0.3) is 7.60 Å². The average Bonchev–Trinajstić information content (AvgIpc) is 1.56. The van der Waals surface area contributed by atoms with Crippen LogP contribution in [0.3, 0.4) is 0 Å². The number of nitrogens with two attached hydrogens (primary N) is 2. The summed E-state index contributed by atoms with van der Waals surface area (Å²) in [5, 5.41) is 2.78. The van der Waals surface area contributed by atoms with Crippen LogP contribution in [0.4, 0.5) is 0 Å². The maximum absolute atomic E-state index is 10.2. The molecule has 0 aliphatic carbocycles. The van der Waals surface area contributed by atoms with Crippen molar-refractivity contribution in [3.05, 3.63) is 17.6 Å². The van der Waals surface area contributed by atoms with Crippen molar-refractivity contribution in [1.29, 1.82) is 0 Å². The molecule has 0 aliphatic heterocycles. The van der Waals surface area contributed by atoms with E-state index in [1.807, 2.05) is 0 Å². The van der Waals surface area contributed by atoms with Gasteiger partial charge < -0.3 is 41.8 Å². The van der Waals surface area contributed by atoms with E-state index in [-0.39, 0.29) is 33.4 Å². The van der Waals surface area contributed by atoms with Gasteiger partial charge in [-0.05, 0) is 0 Å². The van der Waals surface area contributed by atoms with Gasteiger partial charge in [-0.1, -0.05) is 7.60 Å². The van der Waals surface area contributed by atoms with Crippen molar-refractivity contribution in [2.24, 2.45) is 0 Å². The van der Waals surface area contributed by atoms with Gasteiger partial charge in [0.1, 0.15) is 0 Å². The van der Waals surface area contributed by atoms with Crippen LogP contribution in [0.5, 0.6) is 0 Å². The first kappa shape index (κ1) is 24.2. The van der Waals surface area contributed by atoms with Gasteiger partial charge in [-0.2, -0.15) is 7.05 Å². The average molecular weight is 429 g/mol. The summed E-state index contributed by atoms with van der Waals surface area (Å²) in [6, 6.07) is 0. The minimum Gasteiger partial charge on any atom is -0.811 e. The van der Waals surface area contributed by atoms with Crippen LogP contribution in [0, 0.1) is 0 Å². The third kappa shape index (κ3) is 8.20. The summed E-state index contributed by atoms with van der Waals surface area (Å²) in [6.07, 6.45) is 0. The number of hydrogen-bond acceptors (Lipinski definition) is 5. The summed E-state index contributed by atoms with van der Waals surface area (Å²) in [5.74, 6) is 0.